The molecule has 0 unspecified atom stereocenters. The van der Waals surface area contributed by atoms with E-state index in [2.05, 4.69) is 16.0 Å². The quantitative estimate of drug-likeness (QED) is 0.299. The zero-order valence-electron chi connectivity index (χ0n) is 12.9. The van der Waals surface area contributed by atoms with Crippen LogP contribution in [0.5, 0.6) is 0 Å². The van der Waals surface area contributed by atoms with E-state index in [4.69, 9.17) is 51.8 Å². The molecule has 1 aromatic carbocycles. The van der Waals surface area contributed by atoms with Crippen molar-refractivity contribution in [3.05, 3.63) is 29.8 Å². The number of anilines is 1. The minimum atomic E-state index is -1.80. The van der Waals surface area contributed by atoms with Crippen molar-refractivity contribution in [3.8, 4) is 0 Å². The first kappa shape index (κ1) is 20.8. The van der Waals surface area contributed by atoms with Crippen LogP contribution < -0.4 is 16.0 Å². The summed E-state index contributed by atoms with van der Waals surface area (Å²) in [5, 5.41) is 8.12. The number of hydrogen-bond donors (Lipinski definition) is 3. The van der Waals surface area contributed by atoms with Crippen molar-refractivity contribution in [2.75, 3.05) is 11.9 Å². The Hall–Kier alpha value is -1.28. The van der Waals surface area contributed by atoms with E-state index in [0.29, 0.717) is 17.9 Å². The van der Waals surface area contributed by atoms with Gasteiger partial charge in [0.15, 0.2) is 5.11 Å². The summed E-state index contributed by atoms with van der Waals surface area (Å²) < 4.78 is 3.09. The largest absolute Gasteiger partial charge is 0.462 e. The molecule has 0 fully saturated rings. The van der Waals surface area contributed by atoms with Gasteiger partial charge in [-0.2, -0.15) is 0 Å². The number of esters is 1. The molecule has 0 saturated heterocycles. The van der Waals surface area contributed by atoms with Gasteiger partial charge in [-0.15, -0.1) is 0 Å². The second kappa shape index (κ2) is 9.27. The maximum atomic E-state index is 11.6. The Balaban J connectivity index is 2.69. The van der Waals surface area contributed by atoms with Crippen molar-refractivity contribution in [2.45, 2.75) is 23.8 Å². The topological polar surface area (TPSA) is 79.5 Å². The number of carbonyl (C=O) groups excluding carboxylic acids is 2. The highest BCUT2D eigenvalue weighted by molar-refractivity contribution is 7.80. The molecule has 0 radical (unpaired) electrons. The van der Waals surface area contributed by atoms with Gasteiger partial charge in [-0.3, -0.25) is 4.79 Å². The summed E-state index contributed by atoms with van der Waals surface area (Å²) >= 11 is 22.5. The maximum absolute atomic E-state index is 11.6. The van der Waals surface area contributed by atoms with E-state index in [1.165, 1.54) is 6.92 Å². The van der Waals surface area contributed by atoms with Crippen LogP contribution in [0.2, 0.25) is 0 Å². The molecule has 3 N–H and O–H groups in total. The first-order valence-corrected chi connectivity index (χ1v) is 8.36. The van der Waals surface area contributed by atoms with Gasteiger partial charge in [-0.25, -0.2) is 4.79 Å². The fourth-order valence-electron chi connectivity index (χ4n) is 1.61. The molecular weight excluding hydrogens is 397 g/mol. The molecule has 0 bridgehead atoms. The smallest absolute Gasteiger partial charge is 0.338 e. The normalized spacial score (nSPS) is 12.0. The molecule has 0 aliphatic carbocycles. The molecule has 10 heteroatoms. The lowest BCUT2D eigenvalue weighted by atomic mass is 10.2. The zero-order chi connectivity index (χ0) is 18.3. The highest BCUT2D eigenvalue weighted by Crippen LogP contribution is 2.29. The van der Waals surface area contributed by atoms with Gasteiger partial charge >= 0.3 is 5.97 Å². The van der Waals surface area contributed by atoms with Gasteiger partial charge in [0.05, 0.1) is 12.2 Å². The minimum absolute atomic E-state index is 0.129. The number of benzene rings is 1. The Bertz CT molecular complexity index is 606. The van der Waals surface area contributed by atoms with Crippen LogP contribution >= 0.6 is 47.0 Å². The lowest BCUT2D eigenvalue weighted by Crippen LogP contribution is -2.55. The fourth-order valence-corrected chi connectivity index (χ4v) is 2.17. The third kappa shape index (κ3) is 7.09. The van der Waals surface area contributed by atoms with E-state index >= 15 is 0 Å². The molecule has 132 valence electrons. The van der Waals surface area contributed by atoms with Crippen LogP contribution in [-0.4, -0.2) is 33.6 Å². The SMILES string of the molecule is CCOC(=O)c1ccc(NC(=S)N[C@H](NC(C)=O)C(Cl)(Cl)Cl)cc1. The Morgan fingerprint density at radius 3 is 2.25 bits per heavy atom. The zero-order valence-corrected chi connectivity index (χ0v) is 15.9. The molecule has 0 aliphatic rings. The van der Waals surface area contributed by atoms with Crippen molar-refractivity contribution in [1.82, 2.24) is 10.6 Å². The molecule has 0 aliphatic heterocycles. The summed E-state index contributed by atoms with van der Waals surface area (Å²) in [6.07, 6.45) is -1.01. The predicted molar refractivity (Wildman–Crippen MR) is 99.6 cm³/mol. The molecule has 0 spiro atoms. The van der Waals surface area contributed by atoms with E-state index in [0.717, 1.165) is 0 Å². The van der Waals surface area contributed by atoms with Gasteiger partial charge in [-0.05, 0) is 43.4 Å². The Morgan fingerprint density at radius 1 is 1.21 bits per heavy atom. The molecule has 1 rings (SSSR count). The number of hydrogen-bond acceptors (Lipinski definition) is 4. The highest BCUT2D eigenvalue weighted by Gasteiger charge is 2.33. The van der Waals surface area contributed by atoms with Crippen LogP contribution in [0.4, 0.5) is 5.69 Å². The third-order valence-corrected chi connectivity index (χ3v) is 3.48. The number of alkyl halides is 3. The highest BCUT2D eigenvalue weighted by atomic mass is 35.6. The van der Waals surface area contributed by atoms with E-state index < -0.39 is 15.9 Å². The van der Waals surface area contributed by atoms with Crippen LogP contribution in [0, 0.1) is 0 Å². The first-order valence-electron chi connectivity index (χ1n) is 6.82. The number of ether oxygens (including phenoxy) is 1. The number of thiocarbonyl (C=S) groups is 1. The van der Waals surface area contributed by atoms with Crippen molar-refractivity contribution >= 4 is 69.7 Å². The van der Waals surface area contributed by atoms with Gasteiger partial charge in [0.1, 0.15) is 6.17 Å². The predicted octanol–water partition coefficient (Wildman–Crippen LogP) is 2.98. The summed E-state index contributed by atoms with van der Waals surface area (Å²) in [5.74, 6) is -0.799. The molecule has 0 aromatic heterocycles. The number of rotatable bonds is 5. The van der Waals surface area contributed by atoms with Crippen molar-refractivity contribution < 1.29 is 14.3 Å². The monoisotopic (exact) mass is 411 g/mol. The summed E-state index contributed by atoms with van der Waals surface area (Å²) in [6.45, 7) is 3.32. The van der Waals surface area contributed by atoms with Gasteiger partial charge < -0.3 is 20.7 Å². The Labute approximate surface area is 160 Å². The second-order valence-corrected chi connectivity index (χ2v) is 7.35. The van der Waals surface area contributed by atoms with Gasteiger partial charge in [0, 0.05) is 12.6 Å². The molecule has 24 heavy (non-hydrogen) atoms. The second-order valence-electron chi connectivity index (χ2n) is 4.57. The van der Waals surface area contributed by atoms with Gasteiger partial charge in [0.25, 0.3) is 0 Å². The van der Waals surface area contributed by atoms with E-state index in [1.807, 2.05) is 0 Å². The molecule has 1 atom stereocenters. The molecular formula is C14H16Cl3N3O3S. The van der Waals surface area contributed by atoms with E-state index in [-0.39, 0.29) is 11.0 Å². The average molecular weight is 413 g/mol. The van der Waals surface area contributed by atoms with Gasteiger partial charge in [0.2, 0.25) is 9.70 Å². The number of halogens is 3. The molecule has 1 aromatic rings. The molecule has 1 amide bonds. The summed E-state index contributed by atoms with van der Waals surface area (Å²) in [7, 11) is 0. The molecule has 0 saturated carbocycles. The van der Waals surface area contributed by atoms with Crippen LogP contribution in [0.3, 0.4) is 0 Å². The van der Waals surface area contributed by atoms with Crippen molar-refractivity contribution in [3.63, 3.8) is 0 Å². The number of amides is 1. The Kier molecular flexibility index (Phi) is 8.02. The van der Waals surface area contributed by atoms with Crippen molar-refractivity contribution in [2.24, 2.45) is 0 Å². The van der Waals surface area contributed by atoms with Crippen LogP contribution in [0.1, 0.15) is 24.2 Å². The molecule has 0 heterocycles. The van der Waals surface area contributed by atoms with Crippen LogP contribution in [-0.2, 0) is 9.53 Å². The van der Waals surface area contributed by atoms with E-state index in [9.17, 15) is 9.59 Å². The van der Waals surface area contributed by atoms with Crippen molar-refractivity contribution in [1.29, 1.82) is 0 Å². The fraction of sp³-hybridized carbons (Fsp3) is 0.357. The minimum Gasteiger partial charge on any atom is -0.462 e. The van der Waals surface area contributed by atoms with Crippen LogP contribution in [0.25, 0.3) is 0 Å². The Morgan fingerprint density at radius 2 is 1.79 bits per heavy atom. The summed E-state index contributed by atoms with van der Waals surface area (Å²) in [5.41, 5.74) is 1.02. The van der Waals surface area contributed by atoms with Gasteiger partial charge in [-0.1, -0.05) is 34.8 Å². The lowest BCUT2D eigenvalue weighted by Gasteiger charge is -2.27. The number of carbonyl (C=O) groups is 2. The van der Waals surface area contributed by atoms with Crippen LogP contribution in [0.15, 0.2) is 24.3 Å². The molecule has 6 nitrogen and oxygen atoms in total. The first-order chi connectivity index (χ1) is 11.1. The average Bonchev–Trinajstić information content (AvgIpc) is 2.46. The summed E-state index contributed by atoms with van der Waals surface area (Å²) in [6, 6.07) is 6.46. The standard InChI is InChI=1S/C14H16Cl3N3O3S/c1-3-23-11(22)9-4-6-10(7-5-9)19-13(24)20-12(14(15,16)17)18-8(2)21/h4-7,12H,3H2,1-2H3,(H,18,21)(H2,19,20,24)/t12-/m0/s1. The maximum Gasteiger partial charge on any atom is 0.338 e. The lowest BCUT2D eigenvalue weighted by molar-refractivity contribution is -0.119. The number of nitrogens with one attached hydrogen (secondary N) is 3. The third-order valence-electron chi connectivity index (χ3n) is 2.60. The summed E-state index contributed by atoms with van der Waals surface area (Å²) in [4.78, 5) is 22.7. The van der Waals surface area contributed by atoms with E-state index in [1.54, 1.807) is 31.2 Å².